The van der Waals surface area contributed by atoms with Gasteiger partial charge in [-0.2, -0.15) is 15.0 Å². The molecule has 1 heterocycles. The summed E-state index contributed by atoms with van der Waals surface area (Å²) >= 11 is 0. The van der Waals surface area contributed by atoms with Gasteiger partial charge in [0, 0.05) is 5.56 Å². The smallest absolute Gasteiger partial charge is 0.321 e. The van der Waals surface area contributed by atoms with Crippen LogP contribution in [0.25, 0.3) is 11.4 Å². The second-order valence-corrected chi connectivity index (χ2v) is 4.17. The lowest BCUT2D eigenvalue weighted by molar-refractivity contribution is 0.292. The Morgan fingerprint density at radius 2 is 2.00 bits per heavy atom. The number of rotatable bonds is 4. The van der Waals surface area contributed by atoms with Crippen LogP contribution in [0.2, 0.25) is 0 Å². The molecule has 0 saturated carbocycles. The number of anilines is 1. The fraction of sp³-hybridized carbons (Fsp3) is 0.308. The highest BCUT2D eigenvalue weighted by atomic mass is 19.1. The molecule has 0 atom stereocenters. The Morgan fingerprint density at radius 3 is 2.68 bits per heavy atom. The molecule has 2 rings (SSSR count). The Kier molecular flexibility index (Phi) is 3.89. The maximum Gasteiger partial charge on any atom is 0.321 e. The van der Waals surface area contributed by atoms with Gasteiger partial charge in [-0.05, 0) is 37.1 Å². The average Bonchev–Trinajstić information content (AvgIpc) is 2.34. The van der Waals surface area contributed by atoms with Crippen molar-refractivity contribution in [2.75, 3.05) is 12.3 Å². The van der Waals surface area contributed by atoms with Crippen molar-refractivity contribution in [3.8, 4) is 17.4 Å². The normalized spacial score (nSPS) is 10.5. The van der Waals surface area contributed by atoms with Crippen LogP contribution in [0, 0.1) is 12.7 Å². The minimum absolute atomic E-state index is 0.0537. The first-order valence-corrected chi connectivity index (χ1v) is 6.00. The molecule has 0 unspecified atom stereocenters. The van der Waals surface area contributed by atoms with Crippen LogP contribution in [0.1, 0.15) is 18.9 Å². The first kappa shape index (κ1) is 13.2. The molecular formula is C13H15FN4O. The Labute approximate surface area is 110 Å². The number of nitrogens with two attached hydrogens (primary N) is 1. The third-order valence-electron chi connectivity index (χ3n) is 2.37. The Morgan fingerprint density at radius 1 is 1.21 bits per heavy atom. The minimum Gasteiger partial charge on any atom is -0.463 e. The van der Waals surface area contributed by atoms with Gasteiger partial charge >= 0.3 is 6.01 Å². The molecule has 1 aromatic heterocycles. The molecule has 1 aromatic carbocycles. The fourth-order valence-corrected chi connectivity index (χ4v) is 1.62. The number of ether oxygens (including phenoxy) is 1. The molecule has 2 aromatic rings. The van der Waals surface area contributed by atoms with Crippen LogP contribution in [-0.4, -0.2) is 21.6 Å². The summed E-state index contributed by atoms with van der Waals surface area (Å²) in [5, 5.41) is 0. The maximum absolute atomic E-state index is 13.4. The molecule has 100 valence electrons. The largest absolute Gasteiger partial charge is 0.463 e. The third-order valence-corrected chi connectivity index (χ3v) is 2.37. The quantitative estimate of drug-likeness (QED) is 0.915. The predicted molar refractivity (Wildman–Crippen MR) is 70.2 cm³/mol. The van der Waals surface area contributed by atoms with Crippen molar-refractivity contribution in [1.29, 1.82) is 0 Å². The molecule has 0 radical (unpaired) electrons. The zero-order chi connectivity index (χ0) is 13.8. The topological polar surface area (TPSA) is 73.9 Å². The summed E-state index contributed by atoms with van der Waals surface area (Å²) in [6.45, 7) is 4.26. The van der Waals surface area contributed by atoms with Gasteiger partial charge in [0.25, 0.3) is 0 Å². The van der Waals surface area contributed by atoms with E-state index in [2.05, 4.69) is 15.0 Å². The van der Waals surface area contributed by atoms with Crippen molar-refractivity contribution >= 4 is 5.95 Å². The third kappa shape index (κ3) is 3.37. The second-order valence-electron chi connectivity index (χ2n) is 4.17. The number of aromatic nitrogens is 3. The zero-order valence-electron chi connectivity index (χ0n) is 10.9. The van der Waals surface area contributed by atoms with Crippen LogP contribution in [-0.2, 0) is 0 Å². The first-order valence-electron chi connectivity index (χ1n) is 6.00. The Hall–Kier alpha value is -2.24. The molecule has 2 N–H and O–H groups in total. The van der Waals surface area contributed by atoms with E-state index in [1.807, 2.05) is 6.92 Å². The maximum atomic E-state index is 13.4. The molecule has 19 heavy (non-hydrogen) atoms. The van der Waals surface area contributed by atoms with Gasteiger partial charge in [-0.15, -0.1) is 0 Å². The molecule has 0 spiro atoms. The molecule has 0 bridgehead atoms. The predicted octanol–water partition coefficient (Wildman–Crippen LogP) is 2.36. The Balaban J connectivity index is 2.40. The van der Waals surface area contributed by atoms with Gasteiger partial charge in [-0.25, -0.2) is 4.39 Å². The van der Waals surface area contributed by atoms with E-state index in [-0.39, 0.29) is 17.8 Å². The van der Waals surface area contributed by atoms with E-state index in [0.717, 1.165) is 12.0 Å². The molecule has 6 heteroatoms. The number of nitrogens with zero attached hydrogens (tertiary/aromatic N) is 3. The van der Waals surface area contributed by atoms with Crippen molar-refractivity contribution in [2.45, 2.75) is 20.3 Å². The van der Waals surface area contributed by atoms with Gasteiger partial charge in [0.05, 0.1) is 6.61 Å². The number of hydrogen-bond acceptors (Lipinski definition) is 5. The van der Waals surface area contributed by atoms with Gasteiger partial charge in [0.15, 0.2) is 5.82 Å². The number of halogens is 1. The van der Waals surface area contributed by atoms with E-state index in [4.69, 9.17) is 10.5 Å². The van der Waals surface area contributed by atoms with Crippen molar-refractivity contribution in [3.63, 3.8) is 0 Å². The Bertz CT molecular complexity index is 569. The van der Waals surface area contributed by atoms with Gasteiger partial charge in [0.2, 0.25) is 5.95 Å². The van der Waals surface area contributed by atoms with Crippen LogP contribution in [0.15, 0.2) is 18.2 Å². The molecular weight excluding hydrogens is 247 g/mol. The zero-order valence-corrected chi connectivity index (χ0v) is 10.9. The molecule has 0 fully saturated rings. The van der Waals surface area contributed by atoms with Crippen molar-refractivity contribution < 1.29 is 9.13 Å². The summed E-state index contributed by atoms with van der Waals surface area (Å²) in [5.74, 6) is 0.0178. The van der Waals surface area contributed by atoms with E-state index in [1.165, 1.54) is 12.1 Å². The van der Waals surface area contributed by atoms with Gasteiger partial charge in [-0.3, -0.25) is 0 Å². The van der Waals surface area contributed by atoms with Crippen LogP contribution in [0.4, 0.5) is 10.3 Å². The molecule has 0 aliphatic heterocycles. The van der Waals surface area contributed by atoms with Crippen LogP contribution in [0.5, 0.6) is 6.01 Å². The van der Waals surface area contributed by atoms with Crippen LogP contribution < -0.4 is 10.5 Å². The van der Waals surface area contributed by atoms with Crippen molar-refractivity contribution in [3.05, 3.63) is 29.6 Å². The van der Waals surface area contributed by atoms with E-state index >= 15 is 0 Å². The van der Waals surface area contributed by atoms with Crippen LogP contribution in [0.3, 0.4) is 0 Å². The lowest BCUT2D eigenvalue weighted by atomic mass is 10.1. The summed E-state index contributed by atoms with van der Waals surface area (Å²) in [7, 11) is 0. The highest BCUT2D eigenvalue weighted by Crippen LogP contribution is 2.20. The number of benzene rings is 1. The molecule has 0 amide bonds. The van der Waals surface area contributed by atoms with Gasteiger partial charge < -0.3 is 10.5 Å². The summed E-state index contributed by atoms with van der Waals surface area (Å²) in [6, 6.07) is 4.72. The van der Waals surface area contributed by atoms with E-state index in [0.29, 0.717) is 18.0 Å². The average molecular weight is 262 g/mol. The lowest BCUT2D eigenvalue weighted by Gasteiger charge is -2.06. The highest BCUT2D eigenvalue weighted by Gasteiger charge is 2.09. The first-order chi connectivity index (χ1) is 9.08. The molecule has 5 nitrogen and oxygen atoms in total. The highest BCUT2D eigenvalue weighted by molar-refractivity contribution is 5.57. The summed E-state index contributed by atoms with van der Waals surface area (Å²) < 4.78 is 18.7. The number of aryl methyl sites for hydroxylation is 1. The van der Waals surface area contributed by atoms with E-state index in [9.17, 15) is 4.39 Å². The van der Waals surface area contributed by atoms with Crippen LogP contribution >= 0.6 is 0 Å². The van der Waals surface area contributed by atoms with Gasteiger partial charge in [0.1, 0.15) is 5.82 Å². The summed E-state index contributed by atoms with van der Waals surface area (Å²) in [5.41, 5.74) is 6.94. The number of nitrogen functional groups attached to an aromatic ring is 1. The molecule has 0 aliphatic carbocycles. The second kappa shape index (κ2) is 5.60. The monoisotopic (exact) mass is 262 g/mol. The van der Waals surface area contributed by atoms with E-state index in [1.54, 1.807) is 13.0 Å². The SMILES string of the molecule is CCCOc1nc(N)nc(-c2cc(C)cc(F)c2)n1. The molecule has 0 aliphatic rings. The standard InChI is InChI=1S/C13H15FN4O/c1-3-4-19-13-17-11(16-12(15)18-13)9-5-8(2)6-10(14)7-9/h5-7H,3-4H2,1-2H3,(H2,15,16,17,18). The minimum atomic E-state index is -0.343. The van der Waals surface area contributed by atoms with Gasteiger partial charge in [-0.1, -0.05) is 6.92 Å². The van der Waals surface area contributed by atoms with Crippen molar-refractivity contribution in [2.24, 2.45) is 0 Å². The fourth-order valence-electron chi connectivity index (χ4n) is 1.62. The van der Waals surface area contributed by atoms with Crippen molar-refractivity contribution in [1.82, 2.24) is 15.0 Å². The van der Waals surface area contributed by atoms with E-state index < -0.39 is 0 Å². The lowest BCUT2D eigenvalue weighted by Crippen LogP contribution is -2.06. The summed E-state index contributed by atoms with van der Waals surface area (Å²) in [6.07, 6.45) is 0.833. The summed E-state index contributed by atoms with van der Waals surface area (Å²) in [4.78, 5) is 12.0. The molecule has 0 saturated heterocycles. The number of hydrogen-bond donors (Lipinski definition) is 1.